The second-order valence-corrected chi connectivity index (χ2v) is 6.33. The minimum atomic E-state index is -0.935. The number of thioether (sulfide) groups is 1. The van der Waals surface area contributed by atoms with Crippen LogP contribution in [0.25, 0.3) is 11.0 Å². The van der Waals surface area contributed by atoms with Crippen LogP contribution in [0.3, 0.4) is 0 Å². The first kappa shape index (κ1) is 13.0. The maximum atomic E-state index is 11.1. The van der Waals surface area contributed by atoms with Crippen molar-refractivity contribution in [3.63, 3.8) is 0 Å². The van der Waals surface area contributed by atoms with Crippen molar-refractivity contribution < 1.29 is 9.90 Å². The Hall–Kier alpha value is -1.49. The van der Waals surface area contributed by atoms with E-state index in [4.69, 9.17) is 5.11 Å². The van der Waals surface area contributed by atoms with Gasteiger partial charge in [-0.25, -0.2) is 9.78 Å². The Morgan fingerprint density at radius 3 is 2.83 bits per heavy atom. The van der Waals surface area contributed by atoms with Crippen molar-refractivity contribution in [1.82, 2.24) is 9.55 Å². The molecule has 0 spiro atoms. The lowest BCUT2D eigenvalue weighted by atomic mass is 10.1. The Balaban J connectivity index is 2.49. The molecule has 1 aromatic carbocycles. The molecule has 2 aromatic rings. The van der Waals surface area contributed by atoms with Crippen molar-refractivity contribution in [2.45, 2.75) is 25.1 Å². The van der Waals surface area contributed by atoms with Gasteiger partial charge in [-0.2, -0.15) is 11.8 Å². The zero-order chi connectivity index (χ0) is 13.3. The molecule has 0 aliphatic heterocycles. The van der Waals surface area contributed by atoms with Crippen LogP contribution in [-0.4, -0.2) is 31.6 Å². The summed E-state index contributed by atoms with van der Waals surface area (Å²) in [5, 5.41) is 9.12. The molecule has 0 fully saturated rings. The molecule has 0 unspecified atom stereocenters. The number of hydrogen-bond acceptors (Lipinski definition) is 3. The van der Waals surface area contributed by atoms with Gasteiger partial charge in [0, 0.05) is 11.3 Å². The first-order valence-corrected chi connectivity index (χ1v) is 6.89. The highest BCUT2D eigenvalue weighted by molar-refractivity contribution is 7.99. The van der Waals surface area contributed by atoms with Gasteiger partial charge in [0.05, 0.1) is 17.4 Å². The summed E-state index contributed by atoms with van der Waals surface area (Å²) in [4.78, 5) is 15.3. The molecule has 1 heterocycles. The van der Waals surface area contributed by atoms with Crippen molar-refractivity contribution in [3.8, 4) is 0 Å². The van der Waals surface area contributed by atoms with Crippen LogP contribution in [0.2, 0.25) is 0 Å². The van der Waals surface area contributed by atoms with E-state index in [-0.39, 0.29) is 10.3 Å². The van der Waals surface area contributed by atoms with E-state index in [1.165, 1.54) is 0 Å². The number of para-hydroxylation sites is 1. The normalized spacial score (nSPS) is 11.9. The van der Waals surface area contributed by atoms with Gasteiger partial charge in [0.15, 0.2) is 0 Å². The third-order valence-electron chi connectivity index (χ3n) is 2.98. The Morgan fingerprint density at radius 1 is 1.50 bits per heavy atom. The summed E-state index contributed by atoms with van der Waals surface area (Å²) in [6, 6.07) is 5.25. The first-order valence-electron chi connectivity index (χ1n) is 5.67. The van der Waals surface area contributed by atoms with E-state index in [0.29, 0.717) is 5.52 Å². The fourth-order valence-electron chi connectivity index (χ4n) is 1.86. The molecule has 4 nitrogen and oxygen atoms in total. The van der Waals surface area contributed by atoms with Gasteiger partial charge >= 0.3 is 5.97 Å². The zero-order valence-electron chi connectivity index (χ0n) is 10.7. The van der Waals surface area contributed by atoms with E-state index in [2.05, 4.69) is 25.1 Å². The van der Waals surface area contributed by atoms with E-state index in [9.17, 15) is 4.79 Å². The molecule has 0 bridgehead atoms. The predicted molar refractivity (Wildman–Crippen MR) is 74.3 cm³/mol. The molecule has 0 amide bonds. The van der Waals surface area contributed by atoms with Crippen LogP contribution in [0.5, 0.6) is 0 Å². The molecular weight excluding hydrogens is 248 g/mol. The van der Waals surface area contributed by atoms with Crippen LogP contribution < -0.4 is 0 Å². The highest BCUT2D eigenvalue weighted by Gasteiger charge is 2.19. The van der Waals surface area contributed by atoms with Crippen LogP contribution in [0.1, 0.15) is 24.2 Å². The molecular formula is C13H16N2O2S. The maximum Gasteiger partial charge on any atom is 0.337 e. The van der Waals surface area contributed by atoms with Gasteiger partial charge < -0.3 is 9.67 Å². The lowest BCUT2D eigenvalue weighted by molar-refractivity contribution is 0.0699. The van der Waals surface area contributed by atoms with Crippen molar-refractivity contribution in [1.29, 1.82) is 0 Å². The predicted octanol–water partition coefficient (Wildman–Crippen LogP) is 2.88. The Labute approximate surface area is 110 Å². The summed E-state index contributed by atoms with van der Waals surface area (Å²) in [5.41, 5.74) is 1.69. The Kier molecular flexibility index (Phi) is 3.34. The second-order valence-electron chi connectivity index (χ2n) is 4.81. The Bertz CT molecular complexity index is 590. The topological polar surface area (TPSA) is 55.1 Å². The van der Waals surface area contributed by atoms with Crippen LogP contribution in [0.15, 0.2) is 24.5 Å². The smallest absolute Gasteiger partial charge is 0.337 e. The van der Waals surface area contributed by atoms with Crippen molar-refractivity contribution in [2.24, 2.45) is 0 Å². The van der Waals surface area contributed by atoms with Gasteiger partial charge in [-0.05, 0) is 32.2 Å². The number of nitrogens with zero attached hydrogens (tertiary/aromatic N) is 2. The minimum Gasteiger partial charge on any atom is -0.478 e. The third kappa shape index (κ3) is 2.36. The number of carboxylic acids is 1. The monoisotopic (exact) mass is 264 g/mol. The standard InChI is InChI=1S/C13H16N2O2S/c1-13(2,18-3)7-15-8-14-11-9(12(16)17)5-4-6-10(11)15/h4-6,8H,7H2,1-3H3,(H,16,17). The molecule has 0 radical (unpaired) electrons. The molecule has 5 heteroatoms. The number of aromatic carboxylic acids is 1. The number of carboxylic acid groups (broad SMARTS) is 1. The van der Waals surface area contributed by atoms with Crippen molar-refractivity contribution >= 4 is 28.8 Å². The van der Waals surface area contributed by atoms with Gasteiger partial charge in [0.2, 0.25) is 0 Å². The SMILES string of the molecule is CSC(C)(C)Cn1cnc2c(C(=O)O)cccc21. The summed E-state index contributed by atoms with van der Waals surface area (Å²) in [6.45, 7) is 5.11. The van der Waals surface area contributed by atoms with E-state index < -0.39 is 5.97 Å². The third-order valence-corrected chi connectivity index (χ3v) is 4.22. The van der Waals surface area contributed by atoms with Gasteiger partial charge in [-0.1, -0.05) is 6.07 Å². The molecule has 18 heavy (non-hydrogen) atoms. The number of aromatic nitrogens is 2. The second kappa shape index (κ2) is 4.65. The lowest BCUT2D eigenvalue weighted by Gasteiger charge is -2.22. The fourth-order valence-corrected chi connectivity index (χ4v) is 2.13. The molecule has 0 saturated heterocycles. The van der Waals surface area contributed by atoms with Crippen molar-refractivity contribution in [2.75, 3.05) is 6.26 Å². The molecule has 0 atom stereocenters. The number of hydrogen-bond donors (Lipinski definition) is 1. The van der Waals surface area contributed by atoms with Gasteiger partial charge in [-0.15, -0.1) is 0 Å². The molecule has 2 rings (SSSR count). The van der Waals surface area contributed by atoms with Gasteiger partial charge in [-0.3, -0.25) is 0 Å². The average Bonchev–Trinajstić information content (AvgIpc) is 2.72. The molecule has 0 aliphatic rings. The molecule has 96 valence electrons. The largest absolute Gasteiger partial charge is 0.478 e. The fraction of sp³-hybridized carbons (Fsp3) is 0.385. The maximum absolute atomic E-state index is 11.1. The summed E-state index contributed by atoms with van der Waals surface area (Å²) in [6.07, 6.45) is 3.79. The van der Waals surface area contributed by atoms with Crippen LogP contribution in [-0.2, 0) is 6.54 Å². The number of rotatable bonds is 4. The molecule has 0 aliphatic carbocycles. The summed E-state index contributed by atoms with van der Waals surface area (Å²) in [7, 11) is 0. The van der Waals surface area contributed by atoms with E-state index in [0.717, 1.165) is 12.1 Å². The highest BCUT2D eigenvalue weighted by Crippen LogP contribution is 2.26. The number of benzene rings is 1. The van der Waals surface area contributed by atoms with Crippen molar-refractivity contribution in [3.05, 3.63) is 30.1 Å². The zero-order valence-corrected chi connectivity index (χ0v) is 11.5. The number of imidazole rings is 1. The molecule has 1 aromatic heterocycles. The minimum absolute atomic E-state index is 0.0901. The highest BCUT2D eigenvalue weighted by atomic mass is 32.2. The summed E-state index contributed by atoms with van der Waals surface area (Å²) >= 11 is 1.78. The Morgan fingerprint density at radius 2 is 2.22 bits per heavy atom. The summed E-state index contributed by atoms with van der Waals surface area (Å²) in [5.74, 6) is -0.935. The molecule has 1 N–H and O–H groups in total. The van der Waals surface area contributed by atoms with E-state index >= 15 is 0 Å². The van der Waals surface area contributed by atoms with E-state index in [1.807, 2.05) is 10.6 Å². The lowest BCUT2D eigenvalue weighted by Crippen LogP contribution is -2.21. The number of carbonyl (C=O) groups is 1. The number of fused-ring (bicyclic) bond motifs is 1. The molecule has 0 saturated carbocycles. The van der Waals surface area contributed by atoms with Crippen LogP contribution >= 0.6 is 11.8 Å². The van der Waals surface area contributed by atoms with Gasteiger partial charge in [0.1, 0.15) is 5.52 Å². The quantitative estimate of drug-likeness (QED) is 0.922. The first-order chi connectivity index (χ1) is 8.44. The summed E-state index contributed by atoms with van der Waals surface area (Å²) < 4.78 is 2.10. The van der Waals surface area contributed by atoms with Crippen LogP contribution in [0.4, 0.5) is 0 Å². The van der Waals surface area contributed by atoms with Crippen LogP contribution in [0, 0.1) is 0 Å². The van der Waals surface area contributed by atoms with E-state index in [1.54, 1.807) is 30.2 Å². The average molecular weight is 264 g/mol. The van der Waals surface area contributed by atoms with Gasteiger partial charge in [0.25, 0.3) is 0 Å².